The van der Waals surface area contributed by atoms with E-state index in [0.29, 0.717) is 29.6 Å². The highest BCUT2D eigenvalue weighted by atomic mass is 16.5. The Morgan fingerprint density at radius 2 is 1.96 bits per heavy atom. The van der Waals surface area contributed by atoms with E-state index >= 15 is 0 Å². The van der Waals surface area contributed by atoms with Gasteiger partial charge in [-0.1, -0.05) is 0 Å². The van der Waals surface area contributed by atoms with Gasteiger partial charge in [0.2, 0.25) is 0 Å². The summed E-state index contributed by atoms with van der Waals surface area (Å²) in [5.41, 5.74) is 1.56. The zero-order chi connectivity index (χ0) is 17.6. The molecule has 6 nitrogen and oxygen atoms in total. The van der Waals surface area contributed by atoms with Gasteiger partial charge in [0.25, 0.3) is 5.91 Å². The second-order valence-electron chi connectivity index (χ2n) is 5.42. The van der Waals surface area contributed by atoms with E-state index in [1.165, 1.54) is 0 Å². The lowest BCUT2D eigenvalue weighted by Gasteiger charge is -2.10. The first-order valence-corrected chi connectivity index (χ1v) is 7.73. The average Bonchev–Trinajstić information content (AvgIpc) is 3.07. The van der Waals surface area contributed by atoms with E-state index in [1.54, 1.807) is 49.8 Å². The molecule has 0 saturated carbocycles. The largest absolute Gasteiger partial charge is 0.457 e. The molecule has 0 saturated heterocycles. The number of benzene rings is 1. The molecule has 0 spiro atoms. The fraction of sp³-hybridized carbons (Fsp3) is 0.158. The molecule has 0 aliphatic heterocycles. The van der Waals surface area contributed by atoms with Crippen LogP contribution in [-0.4, -0.2) is 18.0 Å². The lowest BCUT2D eigenvalue weighted by atomic mass is 10.2. The monoisotopic (exact) mass is 338 g/mol. The first-order chi connectivity index (χ1) is 12.2. The fourth-order valence-electron chi connectivity index (χ4n) is 2.29. The predicted molar refractivity (Wildman–Crippen MR) is 92.9 cm³/mol. The Hall–Kier alpha value is -3.12. The average molecular weight is 338 g/mol. The minimum atomic E-state index is -0.315. The number of aryl methyl sites for hydroxylation is 1. The van der Waals surface area contributed by atoms with Gasteiger partial charge in [0, 0.05) is 25.2 Å². The van der Waals surface area contributed by atoms with Crippen LogP contribution in [0.2, 0.25) is 0 Å². The third-order valence-corrected chi connectivity index (χ3v) is 3.48. The van der Waals surface area contributed by atoms with Crippen LogP contribution in [0, 0.1) is 6.92 Å². The molecule has 1 N–H and O–H groups in total. The highest BCUT2D eigenvalue weighted by molar-refractivity contribution is 6.02. The SMILES string of the molecule is COCc1ccc(C(=O)Nc2ccc(Oc3ccncc3)c(C)c2)o1. The van der Waals surface area contributed by atoms with Crippen molar-refractivity contribution in [2.24, 2.45) is 0 Å². The number of ether oxygens (including phenoxy) is 2. The summed E-state index contributed by atoms with van der Waals surface area (Å²) in [6, 6.07) is 12.3. The quantitative estimate of drug-likeness (QED) is 0.730. The maximum Gasteiger partial charge on any atom is 0.291 e. The third-order valence-electron chi connectivity index (χ3n) is 3.48. The topological polar surface area (TPSA) is 73.6 Å². The molecule has 0 aliphatic rings. The van der Waals surface area contributed by atoms with Gasteiger partial charge in [-0.2, -0.15) is 0 Å². The van der Waals surface area contributed by atoms with Gasteiger partial charge in [0.05, 0.1) is 0 Å². The van der Waals surface area contributed by atoms with Gasteiger partial charge in [0.1, 0.15) is 23.9 Å². The second-order valence-corrected chi connectivity index (χ2v) is 5.42. The van der Waals surface area contributed by atoms with Crippen LogP contribution >= 0.6 is 0 Å². The Bertz CT molecular complexity index is 859. The molecule has 2 aromatic heterocycles. The van der Waals surface area contributed by atoms with E-state index in [4.69, 9.17) is 13.9 Å². The number of carbonyl (C=O) groups is 1. The van der Waals surface area contributed by atoms with Crippen molar-refractivity contribution < 1.29 is 18.7 Å². The van der Waals surface area contributed by atoms with Gasteiger partial charge in [0.15, 0.2) is 5.76 Å². The Morgan fingerprint density at radius 3 is 2.68 bits per heavy atom. The smallest absolute Gasteiger partial charge is 0.291 e. The molecular formula is C19H18N2O4. The summed E-state index contributed by atoms with van der Waals surface area (Å²) in [6.07, 6.45) is 3.33. The van der Waals surface area contributed by atoms with Crippen LogP contribution in [-0.2, 0) is 11.3 Å². The van der Waals surface area contributed by atoms with Crippen molar-refractivity contribution in [3.05, 3.63) is 71.9 Å². The zero-order valence-corrected chi connectivity index (χ0v) is 14.0. The molecule has 128 valence electrons. The summed E-state index contributed by atoms with van der Waals surface area (Å²) >= 11 is 0. The van der Waals surface area contributed by atoms with Crippen LogP contribution in [0.15, 0.2) is 59.3 Å². The second kappa shape index (κ2) is 7.63. The summed E-state index contributed by atoms with van der Waals surface area (Å²) < 4.78 is 16.2. The zero-order valence-electron chi connectivity index (χ0n) is 14.0. The molecule has 1 amide bonds. The minimum Gasteiger partial charge on any atom is -0.457 e. The number of methoxy groups -OCH3 is 1. The number of hydrogen-bond donors (Lipinski definition) is 1. The lowest BCUT2D eigenvalue weighted by molar-refractivity contribution is 0.0987. The summed E-state index contributed by atoms with van der Waals surface area (Å²) in [6.45, 7) is 2.24. The molecule has 1 aromatic carbocycles. The minimum absolute atomic E-state index is 0.238. The molecule has 2 heterocycles. The molecule has 0 aliphatic carbocycles. The van der Waals surface area contributed by atoms with Crippen molar-refractivity contribution in [1.82, 2.24) is 4.98 Å². The van der Waals surface area contributed by atoms with Gasteiger partial charge >= 0.3 is 0 Å². The third kappa shape index (κ3) is 4.24. The van der Waals surface area contributed by atoms with Crippen molar-refractivity contribution in [1.29, 1.82) is 0 Å². The number of anilines is 1. The highest BCUT2D eigenvalue weighted by Crippen LogP contribution is 2.27. The molecule has 3 rings (SSSR count). The van der Waals surface area contributed by atoms with Gasteiger partial charge in [-0.25, -0.2) is 0 Å². The number of pyridine rings is 1. The molecule has 6 heteroatoms. The first-order valence-electron chi connectivity index (χ1n) is 7.73. The van der Waals surface area contributed by atoms with Crippen LogP contribution in [0.1, 0.15) is 21.9 Å². The van der Waals surface area contributed by atoms with Crippen molar-refractivity contribution in [3.8, 4) is 11.5 Å². The van der Waals surface area contributed by atoms with Crippen molar-refractivity contribution in [2.75, 3.05) is 12.4 Å². The molecule has 0 fully saturated rings. The van der Waals surface area contributed by atoms with Crippen LogP contribution in [0.4, 0.5) is 5.69 Å². The number of hydrogen-bond acceptors (Lipinski definition) is 5. The maximum atomic E-state index is 12.2. The van der Waals surface area contributed by atoms with E-state index < -0.39 is 0 Å². The number of aromatic nitrogens is 1. The number of amides is 1. The lowest BCUT2D eigenvalue weighted by Crippen LogP contribution is -2.11. The van der Waals surface area contributed by atoms with Crippen molar-refractivity contribution in [3.63, 3.8) is 0 Å². The Morgan fingerprint density at radius 1 is 1.16 bits per heavy atom. The Balaban J connectivity index is 1.68. The van der Waals surface area contributed by atoms with Gasteiger partial charge in [-0.05, 0) is 55.0 Å². The van der Waals surface area contributed by atoms with Crippen LogP contribution in [0.25, 0.3) is 0 Å². The molecule has 0 radical (unpaired) electrons. The predicted octanol–water partition coefficient (Wildman–Crippen LogP) is 4.17. The van der Waals surface area contributed by atoms with E-state index in [-0.39, 0.29) is 11.7 Å². The van der Waals surface area contributed by atoms with Crippen LogP contribution in [0.5, 0.6) is 11.5 Å². The summed E-state index contributed by atoms with van der Waals surface area (Å²) in [4.78, 5) is 16.2. The number of furan rings is 1. The fourth-order valence-corrected chi connectivity index (χ4v) is 2.29. The molecule has 25 heavy (non-hydrogen) atoms. The number of rotatable bonds is 6. The maximum absolute atomic E-state index is 12.2. The van der Waals surface area contributed by atoms with E-state index in [9.17, 15) is 4.79 Å². The Kier molecular flexibility index (Phi) is 5.11. The van der Waals surface area contributed by atoms with E-state index in [0.717, 1.165) is 5.56 Å². The molecule has 0 bridgehead atoms. The van der Waals surface area contributed by atoms with Crippen molar-refractivity contribution in [2.45, 2.75) is 13.5 Å². The van der Waals surface area contributed by atoms with Gasteiger partial charge in [-0.3, -0.25) is 9.78 Å². The van der Waals surface area contributed by atoms with Gasteiger partial charge < -0.3 is 19.2 Å². The molecule has 0 atom stereocenters. The van der Waals surface area contributed by atoms with Gasteiger partial charge in [-0.15, -0.1) is 0 Å². The van der Waals surface area contributed by atoms with E-state index in [2.05, 4.69) is 10.3 Å². The summed E-state index contributed by atoms with van der Waals surface area (Å²) in [5, 5.41) is 2.81. The highest BCUT2D eigenvalue weighted by Gasteiger charge is 2.12. The van der Waals surface area contributed by atoms with Crippen LogP contribution < -0.4 is 10.1 Å². The molecule has 3 aromatic rings. The number of nitrogens with zero attached hydrogens (tertiary/aromatic N) is 1. The Labute approximate surface area is 145 Å². The summed E-state index contributed by atoms with van der Waals surface area (Å²) in [7, 11) is 1.57. The van der Waals surface area contributed by atoms with Crippen molar-refractivity contribution >= 4 is 11.6 Å². The summed E-state index contributed by atoms with van der Waals surface area (Å²) in [5.74, 6) is 1.94. The molecular weight excluding hydrogens is 320 g/mol. The number of carbonyl (C=O) groups excluding carboxylic acids is 1. The standard InChI is InChI=1S/C19H18N2O4/c1-13-11-14(3-5-17(13)24-15-7-9-20-10-8-15)21-19(22)18-6-4-16(25-18)12-23-2/h3-11H,12H2,1-2H3,(H,21,22). The normalized spacial score (nSPS) is 10.5. The van der Waals surface area contributed by atoms with Crippen LogP contribution in [0.3, 0.4) is 0 Å². The molecule has 0 unspecified atom stereocenters. The van der Waals surface area contributed by atoms with E-state index in [1.807, 2.05) is 19.1 Å². The first kappa shape index (κ1) is 16.7. The number of nitrogens with one attached hydrogen (secondary N) is 1.